The molecule has 0 amide bonds. The summed E-state index contributed by atoms with van der Waals surface area (Å²) in [6, 6.07) is 16.7. The van der Waals surface area contributed by atoms with Crippen molar-refractivity contribution in [1.82, 2.24) is 9.97 Å². The molecule has 1 aromatic heterocycles. The molecular weight excluding hydrogens is 344 g/mol. The number of imidazole rings is 1. The van der Waals surface area contributed by atoms with Gasteiger partial charge in [-0.3, -0.25) is 0 Å². The van der Waals surface area contributed by atoms with E-state index in [9.17, 15) is 10.4 Å². The van der Waals surface area contributed by atoms with E-state index < -0.39 is 0 Å². The third-order valence-corrected chi connectivity index (χ3v) is 3.94. The highest BCUT2D eigenvalue weighted by atomic mass is 16.6. The molecule has 7 heteroatoms. The Morgan fingerprint density at radius 2 is 1.96 bits per heavy atom. The van der Waals surface area contributed by atoms with Gasteiger partial charge in [0.15, 0.2) is 18.2 Å². The number of ether oxygens (including phenoxy) is 1. The Morgan fingerprint density at radius 3 is 2.63 bits per heavy atom. The van der Waals surface area contributed by atoms with Crippen LogP contribution in [-0.2, 0) is 4.84 Å². The average Bonchev–Trinajstić information content (AvgIpc) is 3.12. The van der Waals surface area contributed by atoms with Crippen LogP contribution < -0.4 is 4.74 Å². The summed E-state index contributed by atoms with van der Waals surface area (Å²) in [5.41, 5.74) is 3.00. The third-order valence-electron chi connectivity index (χ3n) is 3.94. The number of hydrogen-bond acceptors (Lipinski definition) is 6. The maximum Gasteiger partial charge on any atom is 0.175 e. The molecule has 1 heterocycles. The highest BCUT2D eigenvalue weighted by Gasteiger charge is 2.13. The smallest absolute Gasteiger partial charge is 0.175 e. The lowest BCUT2D eigenvalue weighted by Gasteiger charge is -2.04. The Balaban J connectivity index is 1.73. The van der Waals surface area contributed by atoms with Crippen LogP contribution in [-0.4, -0.2) is 34.5 Å². The number of nitriles is 1. The summed E-state index contributed by atoms with van der Waals surface area (Å²) in [6.45, 7) is 1.54. The number of H-pyrrole nitrogens is 1. The highest BCUT2D eigenvalue weighted by molar-refractivity contribution is 5.98. The zero-order chi connectivity index (χ0) is 19.2. The van der Waals surface area contributed by atoms with Crippen LogP contribution in [0.25, 0.3) is 16.6 Å². The fraction of sp³-hybridized carbons (Fsp3) is 0.150. The van der Waals surface area contributed by atoms with Gasteiger partial charge in [0, 0.05) is 0 Å². The number of aromatic nitrogens is 2. The van der Waals surface area contributed by atoms with Crippen LogP contribution >= 0.6 is 0 Å². The zero-order valence-corrected chi connectivity index (χ0v) is 14.9. The predicted molar refractivity (Wildman–Crippen MR) is 102 cm³/mol. The number of aliphatic hydroxyl groups excluding tert-OH is 1. The molecule has 0 atom stereocenters. The van der Waals surface area contributed by atoms with Gasteiger partial charge in [0.2, 0.25) is 0 Å². The molecule has 0 spiro atoms. The number of methoxy groups -OCH3 is 1. The van der Waals surface area contributed by atoms with E-state index in [1.54, 1.807) is 14.0 Å². The Kier molecular flexibility index (Phi) is 5.38. The number of para-hydroxylation sites is 2. The molecule has 2 aromatic carbocycles. The van der Waals surface area contributed by atoms with Gasteiger partial charge in [0.1, 0.15) is 17.4 Å². The number of rotatable bonds is 6. The summed E-state index contributed by atoms with van der Waals surface area (Å²) in [5.74, 6) is 0.788. The van der Waals surface area contributed by atoms with E-state index in [0.29, 0.717) is 11.2 Å². The summed E-state index contributed by atoms with van der Waals surface area (Å²) in [6.07, 6.45) is 0. The summed E-state index contributed by atoms with van der Waals surface area (Å²) < 4.78 is 5.11. The molecule has 7 nitrogen and oxygen atoms in total. The van der Waals surface area contributed by atoms with Crippen molar-refractivity contribution in [2.75, 3.05) is 13.7 Å². The van der Waals surface area contributed by atoms with Gasteiger partial charge in [-0.1, -0.05) is 17.3 Å². The van der Waals surface area contributed by atoms with Gasteiger partial charge in [0.25, 0.3) is 0 Å². The van der Waals surface area contributed by atoms with E-state index in [2.05, 4.69) is 15.1 Å². The van der Waals surface area contributed by atoms with Crippen molar-refractivity contribution in [3.8, 4) is 11.8 Å². The van der Waals surface area contributed by atoms with E-state index in [4.69, 9.17) is 9.57 Å². The fourth-order valence-electron chi connectivity index (χ4n) is 2.47. The predicted octanol–water partition coefficient (Wildman–Crippen LogP) is 3.80. The Hall–Kier alpha value is -3.79. The van der Waals surface area contributed by atoms with Crippen molar-refractivity contribution in [1.29, 1.82) is 5.26 Å². The average molecular weight is 362 g/mol. The summed E-state index contributed by atoms with van der Waals surface area (Å²) in [5, 5.41) is 23.6. The quantitative estimate of drug-likeness (QED) is 0.300. The first-order chi connectivity index (χ1) is 13.1. The Morgan fingerprint density at radius 1 is 1.22 bits per heavy atom. The number of fused-ring (bicyclic) bond motifs is 1. The highest BCUT2D eigenvalue weighted by Crippen LogP contribution is 2.19. The molecule has 3 aromatic rings. The molecule has 0 saturated heterocycles. The van der Waals surface area contributed by atoms with E-state index >= 15 is 0 Å². The topological polar surface area (TPSA) is 104 Å². The van der Waals surface area contributed by atoms with Gasteiger partial charge in [-0.05, 0) is 48.9 Å². The second-order valence-corrected chi connectivity index (χ2v) is 5.71. The number of oxime groups is 1. The molecule has 0 unspecified atom stereocenters. The monoisotopic (exact) mass is 362 g/mol. The maximum absolute atomic E-state index is 10.2. The van der Waals surface area contributed by atoms with Gasteiger partial charge in [-0.25, -0.2) is 4.98 Å². The zero-order valence-electron chi connectivity index (χ0n) is 14.9. The van der Waals surface area contributed by atoms with Crippen molar-refractivity contribution >= 4 is 22.3 Å². The molecule has 0 aliphatic rings. The van der Waals surface area contributed by atoms with Crippen LogP contribution in [0.2, 0.25) is 0 Å². The van der Waals surface area contributed by atoms with Crippen molar-refractivity contribution < 1.29 is 14.7 Å². The molecule has 136 valence electrons. The van der Waals surface area contributed by atoms with Crippen molar-refractivity contribution in [2.45, 2.75) is 6.92 Å². The summed E-state index contributed by atoms with van der Waals surface area (Å²) in [4.78, 5) is 12.5. The van der Waals surface area contributed by atoms with E-state index in [0.717, 1.165) is 16.8 Å². The molecule has 3 rings (SSSR count). The van der Waals surface area contributed by atoms with Crippen LogP contribution in [0.15, 0.2) is 59.4 Å². The molecule has 2 N–H and O–H groups in total. The lowest BCUT2D eigenvalue weighted by molar-refractivity contribution is 0.137. The first kappa shape index (κ1) is 18.0. The molecule has 0 aliphatic heterocycles. The second kappa shape index (κ2) is 8.06. The van der Waals surface area contributed by atoms with Gasteiger partial charge < -0.3 is 19.7 Å². The van der Waals surface area contributed by atoms with Crippen LogP contribution in [0.3, 0.4) is 0 Å². The van der Waals surface area contributed by atoms with Gasteiger partial charge in [-0.15, -0.1) is 0 Å². The Bertz CT molecular complexity index is 1010. The van der Waals surface area contributed by atoms with Crippen LogP contribution in [0.5, 0.6) is 5.75 Å². The minimum Gasteiger partial charge on any atom is -0.507 e. The van der Waals surface area contributed by atoms with Crippen LogP contribution in [0.4, 0.5) is 0 Å². The van der Waals surface area contributed by atoms with Crippen molar-refractivity contribution in [3.63, 3.8) is 0 Å². The summed E-state index contributed by atoms with van der Waals surface area (Å²) >= 11 is 0. The first-order valence-electron chi connectivity index (χ1n) is 8.20. The van der Waals surface area contributed by atoms with Gasteiger partial charge >= 0.3 is 0 Å². The van der Waals surface area contributed by atoms with Crippen LogP contribution in [0, 0.1) is 11.3 Å². The third kappa shape index (κ3) is 4.07. The lowest BCUT2D eigenvalue weighted by atomic mass is 10.1. The molecule has 0 fully saturated rings. The summed E-state index contributed by atoms with van der Waals surface area (Å²) in [7, 11) is 1.60. The number of aliphatic hydroxyl groups is 1. The Labute approximate surface area is 156 Å². The first-order valence-corrected chi connectivity index (χ1v) is 8.20. The largest absolute Gasteiger partial charge is 0.507 e. The van der Waals surface area contributed by atoms with Gasteiger partial charge in [0.05, 0.1) is 23.9 Å². The van der Waals surface area contributed by atoms with E-state index in [-0.39, 0.29) is 23.8 Å². The maximum atomic E-state index is 10.2. The molecule has 27 heavy (non-hydrogen) atoms. The minimum atomic E-state index is -0.247. The molecular formula is C20H18N4O3. The van der Waals surface area contributed by atoms with E-state index in [1.165, 1.54) is 0 Å². The molecule has 0 radical (unpaired) electrons. The lowest BCUT2D eigenvalue weighted by Crippen LogP contribution is -2.01. The SMILES string of the molecule is COc1ccc(/C(C)=N\OC/C(O)=C(\C#N)c2nc3ccccc3[nH]2)cc1. The molecule has 0 aliphatic carbocycles. The molecule has 0 saturated carbocycles. The number of hydrogen-bond donors (Lipinski definition) is 2. The van der Waals surface area contributed by atoms with Crippen molar-refractivity contribution in [2.24, 2.45) is 5.16 Å². The second-order valence-electron chi connectivity index (χ2n) is 5.71. The van der Waals surface area contributed by atoms with Crippen LogP contribution in [0.1, 0.15) is 18.3 Å². The standard InChI is InChI=1S/C20H18N4O3/c1-13(14-7-9-15(26-2)10-8-14)24-27-12-19(25)16(11-21)20-22-17-5-3-4-6-18(17)23-20/h3-10,25H,12H2,1-2H3,(H,22,23)/b19-16-,24-13-. The fourth-order valence-corrected chi connectivity index (χ4v) is 2.47. The number of allylic oxidation sites excluding steroid dienone is 1. The number of aromatic amines is 1. The number of nitrogens with one attached hydrogen (secondary N) is 1. The van der Waals surface area contributed by atoms with Gasteiger partial charge in [-0.2, -0.15) is 5.26 Å². The number of nitrogens with zero attached hydrogens (tertiary/aromatic N) is 3. The van der Waals surface area contributed by atoms with Crippen molar-refractivity contribution in [3.05, 3.63) is 65.7 Å². The minimum absolute atomic E-state index is 0.0171. The van der Waals surface area contributed by atoms with E-state index in [1.807, 2.05) is 54.6 Å². The molecule has 0 bridgehead atoms. The number of benzene rings is 2. The normalized spacial score (nSPS) is 12.4.